The Labute approximate surface area is 171 Å². The lowest BCUT2D eigenvalue weighted by Gasteiger charge is -2.31. The molecule has 0 radical (unpaired) electrons. The number of aromatic nitrogens is 1. The molecule has 29 heavy (non-hydrogen) atoms. The van der Waals surface area contributed by atoms with E-state index in [9.17, 15) is 14.0 Å². The van der Waals surface area contributed by atoms with Crippen molar-refractivity contribution in [3.05, 3.63) is 29.8 Å². The van der Waals surface area contributed by atoms with Crippen LogP contribution in [-0.2, 0) is 9.53 Å². The highest BCUT2D eigenvalue weighted by atomic mass is 19.1. The SMILES string of the molecule is CCOC(=O)[C@]12CCCN(C(=O)c3ccnc(F)c3)C[C@H]1CN(CCN(C)C)C2. The molecule has 0 unspecified atom stereocenters. The van der Waals surface area contributed by atoms with Gasteiger partial charge in [-0.3, -0.25) is 9.59 Å². The molecule has 0 N–H and O–H groups in total. The number of rotatable bonds is 6. The van der Waals surface area contributed by atoms with Gasteiger partial charge in [0, 0.05) is 63.0 Å². The third kappa shape index (κ3) is 4.75. The molecule has 1 aromatic rings. The number of halogens is 1. The van der Waals surface area contributed by atoms with Crippen molar-refractivity contribution in [2.24, 2.45) is 11.3 Å². The van der Waals surface area contributed by atoms with Crippen LogP contribution in [0.3, 0.4) is 0 Å². The number of carbonyl (C=O) groups excluding carboxylic acids is 2. The third-order valence-corrected chi connectivity index (χ3v) is 6.06. The topological polar surface area (TPSA) is 66.0 Å². The first-order chi connectivity index (χ1) is 13.9. The largest absolute Gasteiger partial charge is 0.466 e. The molecular weight excluding hydrogens is 375 g/mol. The fourth-order valence-corrected chi connectivity index (χ4v) is 4.56. The molecule has 8 heteroatoms. The van der Waals surface area contributed by atoms with E-state index in [0.717, 1.165) is 26.1 Å². The first-order valence-corrected chi connectivity index (χ1v) is 10.3. The highest BCUT2D eigenvalue weighted by Crippen LogP contribution is 2.43. The number of esters is 1. The van der Waals surface area contributed by atoms with Crippen LogP contribution in [0.1, 0.15) is 30.1 Å². The maximum atomic E-state index is 13.5. The van der Waals surface area contributed by atoms with Gasteiger partial charge in [0.05, 0.1) is 12.0 Å². The van der Waals surface area contributed by atoms with Gasteiger partial charge in [0.2, 0.25) is 5.95 Å². The highest BCUT2D eigenvalue weighted by molar-refractivity contribution is 5.94. The third-order valence-electron chi connectivity index (χ3n) is 6.06. The summed E-state index contributed by atoms with van der Waals surface area (Å²) in [6.45, 7) is 6.39. The number of ether oxygens (including phenoxy) is 1. The summed E-state index contributed by atoms with van der Waals surface area (Å²) in [5, 5.41) is 0. The van der Waals surface area contributed by atoms with Crippen molar-refractivity contribution >= 4 is 11.9 Å². The van der Waals surface area contributed by atoms with Crippen LogP contribution in [-0.4, -0.2) is 91.5 Å². The van der Waals surface area contributed by atoms with Gasteiger partial charge in [0.15, 0.2) is 0 Å². The predicted molar refractivity (Wildman–Crippen MR) is 107 cm³/mol. The first-order valence-electron chi connectivity index (χ1n) is 10.3. The summed E-state index contributed by atoms with van der Waals surface area (Å²) in [6, 6.07) is 2.71. The van der Waals surface area contributed by atoms with Crippen molar-refractivity contribution in [3.8, 4) is 0 Å². The number of pyridine rings is 1. The van der Waals surface area contributed by atoms with E-state index in [1.54, 1.807) is 4.90 Å². The molecule has 1 amide bonds. The number of amides is 1. The van der Waals surface area contributed by atoms with Gasteiger partial charge in [-0.2, -0.15) is 4.39 Å². The second-order valence-electron chi connectivity index (χ2n) is 8.33. The summed E-state index contributed by atoms with van der Waals surface area (Å²) in [4.78, 5) is 35.7. The van der Waals surface area contributed by atoms with Gasteiger partial charge in [-0.1, -0.05) is 0 Å². The fraction of sp³-hybridized carbons (Fsp3) is 0.667. The molecule has 0 saturated carbocycles. The van der Waals surface area contributed by atoms with E-state index in [4.69, 9.17) is 4.74 Å². The molecule has 7 nitrogen and oxygen atoms in total. The minimum atomic E-state index is -0.665. The Morgan fingerprint density at radius 3 is 2.86 bits per heavy atom. The Bertz CT molecular complexity index is 744. The molecule has 2 atom stereocenters. The van der Waals surface area contributed by atoms with E-state index in [2.05, 4.69) is 14.8 Å². The molecule has 2 aliphatic heterocycles. The lowest BCUT2D eigenvalue weighted by Crippen LogP contribution is -2.43. The van der Waals surface area contributed by atoms with E-state index in [-0.39, 0.29) is 17.8 Å². The van der Waals surface area contributed by atoms with Crippen molar-refractivity contribution in [1.29, 1.82) is 0 Å². The van der Waals surface area contributed by atoms with Gasteiger partial charge in [-0.05, 0) is 39.9 Å². The zero-order chi connectivity index (χ0) is 21.0. The summed E-state index contributed by atoms with van der Waals surface area (Å²) >= 11 is 0. The lowest BCUT2D eigenvalue weighted by molar-refractivity contribution is -0.157. The van der Waals surface area contributed by atoms with E-state index in [1.165, 1.54) is 18.3 Å². The Morgan fingerprint density at radius 2 is 2.17 bits per heavy atom. The normalized spacial score (nSPS) is 25.0. The molecule has 0 spiro atoms. The van der Waals surface area contributed by atoms with E-state index >= 15 is 0 Å². The number of carbonyl (C=O) groups is 2. The van der Waals surface area contributed by atoms with Gasteiger partial charge in [-0.15, -0.1) is 0 Å². The lowest BCUT2D eigenvalue weighted by atomic mass is 9.75. The van der Waals surface area contributed by atoms with E-state index < -0.39 is 11.4 Å². The smallest absolute Gasteiger partial charge is 0.313 e. The van der Waals surface area contributed by atoms with Crippen LogP contribution in [0.15, 0.2) is 18.3 Å². The Balaban J connectivity index is 1.81. The van der Waals surface area contributed by atoms with Crippen LogP contribution in [0.2, 0.25) is 0 Å². The molecule has 160 valence electrons. The molecule has 0 aromatic carbocycles. The first kappa shape index (κ1) is 21.6. The number of likely N-dealkylation sites (tertiary alicyclic amines) is 2. The molecule has 2 fully saturated rings. The Morgan fingerprint density at radius 1 is 1.38 bits per heavy atom. The molecule has 2 saturated heterocycles. The van der Waals surface area contributed by atoms with Crippen LogP contribution in [0, 0.1) is 17.3 Å². The number of nitrogens with zero attached hydrogens (tertiary/aromatic N) is 4. The fourth-order valence-electron chi connectivity index (χ4n) is 4.56. The van der Waals surface area contributed by atoms with E-state index in [0.29, 0.717) is 38.2 Å². The van der Waals surface area contributed by atoms with Gasteiger partial charge >= 0.3 is 5.97 Å². The average molecular weight is 407 g/mol. The van der Waals surface area contributed by atoms with Gasteiger partial charge in [0.1, 0.15) is 0 Å². The van der Waals surface area contributed by atoms with Crippen LogP contribution >= 0.6 is 0 Å². The minimum absolute atomic E-state index is 0.00171. The van der Waals surface area contributed by atoms with Crippen LogP contribution < -0.4 is 0 Å². The van der Waals surface area contributed by atoms with Crippen molar-refractivity contribution in [2.75, 3.05) is 60.0 Å². The van der Waals surface area contributed by atoms with Crippen molar-refractivity contribution in [1.82, 2.24) is 19.7 Å². The number of hydrogen-bond donors (Lipinski definition) is 0. The molecule has 3 heterocycles. The monoisotopic (exact) mass is 406 g/mol. The van der Waals surface area contributed by atoms with Gasteiger partial charge in [0.25, 0.3) is 5.91 Å². The zero-order valence-corrected chi connectivity index (χ0v) is 17.6. The Kier molecular flexibility index (Phi) is 6.85. The van der Waals surface area contributed by atoms with Crippen molar-refractivity contribution in [3.63, 3.8) is 0 Å². The van der Waals surface area contributed by atoms with Gasteiger partial charge < -0.3 is 19.4 Å². The summed E-state index contributed by atoms with van der Waals surface area (Å²) in [5.41, 5.74) is -0.287. The minimum Gasteiger partial charge on any atom is -0.466 e. The molecular formula is C21H31FN4O3. The predicted octanol–water partition coefficient (Wildman–Crippen LogP) is 1.50. The summed E-state index contributed by atoms with van der Waals surface area (Å²) in [7, 11) is 4.06. The molecule has 2 aliphatic rings. The molecule has 1 aromatic heterocycles. The summed E-state index contributed by atoms with van der Waals surface area (Å²) < 4.78 is 19.0. The summed E-state index contributed by atoms with van der Waals surface area (Å²) in [6.07, 6.45) is 2.72. The maximum Gasteiger partial charge on any atom is 0.313 e. The van der Waals surface area contributed by atoms with Crippen LogP contribution in [0.4, 0.5) is 4.39 Å². The number of fused-ring (bicyclic) bond motifs is 1. The molecule has 0 aliphatic carbocycles. The van der Waals surface area contributed by atoms with Gasteiger partial charge in [-0.25, -0.2) is 4.98 Å². The standard InChI is InChI=1S/C21H31FN4O3/c1-4-29-20(28)21-7-5-9-26(19(27)16-6-8-23-18(22)12-16)14-17(21)13-25(15-21)11-10-24(2)3/h6,8,12,17H,4-5,7,9-11,13-15H2,1-3H3/t17-,21+/m1/s1. The zero-order valence-electron chi connectivity index (χ0n) is 17.6. The maximum absolute atomic E-state index is 13.5. The van der Waals surface area contributed by atoms with Crippen molar-refractivity contribution in [2.45, 2.75) is 19.8 Å². The quantitative estimate of drug-likeness (QED) is 0.527. The molecule has 3 rings (SSSR count). The van der Waals surface area contributed by atoms with Crippen LogP contribution in [0.25, 0.3) is 0 Å². The molecule has 0 bridgehead atoms. The summed E-state index contributed by atoms with van der Waals surface area (Å²) in [5.74, 6) is -1.02. The second kappa shape index (κ2) is 9.17. The second-order valence-corrected chi connectivity index (χ2v) is 8.33. The number of hydrogen-bond acceptors (Lipinski definition) is 6. The van der Waals surface area contributed by atoms with Crippen molar-refractivity contribution < 1.29 is 18.7 Å². The Hall–Kier alpha value is -2.06. The van der Waals surface area contributed by atoms with Crippen LogP contribution in [0.5, 0.6) is 0 Å². The number of likely N-dealkylation sites (N-methyl/N-ethyl adjacent to an activating group) is 1. The average Bonchev–Trinajstić information content (AvgIpc) is 2.93. The highest BCUT2D eigenvalue weighted by Gasteiger charge is 2.54. The van der Waals surface area contributed by atoms with E-state index in [1.807, 2.05) is 21.0 Å².